The van der Waals surface area contributed by atoms with E-state index in [0.29, 0.717) is 13.4 Å². The molecule has 0 saturated carbocycles. The number of ether oxygens (including phenoxy) is 2. The van der Waals surface area contributed by atoms with Crippen LogP contribution in [-0.4, -0.2) is 6.79 Å². The molecular weight excluding hydrogens is 246 g/mol. The van der Waals surface area contributed by atoms with Crippen molar-refractivity contribution in [3.05, 3.63) is 27.7 Å². The van der Waals surface area contributed by atoms with Crippen LogP contribution < -0.4 is 10.5 Å². The SMILES string of the molecule is CC(N)c1cc2c(cc1Br)COCO2. The Hall–Kier alpha value is -0.580. The number of hydrogen-bond acceptors (Lipinski definition) is 3. The van der Waals surface area contributed by atoms with Gasteiger partial charge in [0.1, 0.15) is 5.75 Å². The Morgan fingerprint density at radius 3 is 3.00 bits per heavy atom. The van der Waals surface area contributed by atoms with Crippen LogP contribution in [0, 0.1) is 0 Å². The smallest absolute Gasteiger partial charge is 0.189 e. The predicted molar refractivity (Wildman–Crippen MR) is 57.0 cm³/mol. The molecule has 0 bridgehead atoms. The van der Waals surface area contributed by atoms with E-state index in [0.717, 1.165) is 21.3 Å². The summed E-state index contributed by atoms with van der Waals surface area (Å²) < 4.78 is 11.6. The molecule has 0 aliphatic carbocycles. The maximum absolute atomic E-state index is 5.83. The van der Waals surface area contributed by atoms with Gasteiger partial charge < -0.3 is 15.2 Å². The molecule has 1 aromatic rings. The Bertz CT molecular complexity index is 352. The van der Waals surface area contributed by atoms with Crippen molar-refractivity contribution in [2.75, 3.05) is 6.79 Å². The number of nitrogens with two attached hydrogens (primary N) is 1. The Labute approximate surface area is 91.3 Å². The summed E-state index contributed by atoms with van der Waals surface area (Å²) in [6, 6.07) is 3.99. The molecule has 1 aliphatic heterocycles. The summed E-state index contributed by atoms with van der Waals surface area (Å²) in [7, 11) is 0. The van der Waals surface area contributed by atoms with Crippen molar-refractivity contribution < 1.29 is 9.47 Å². The second kappa shape index (κ2) is 3.88. The summed E-state index contributed by atoms with van der Waals surface area (Å²) in [5.74, 6) is 0.881. The second-order valence-electron chi connectivity index (χ2n) is 3.38. The molecule has 0 spiro atoms. The highest BCUT2D eigenvalue weighted by molar-refractivity contribution is 9.10. The largest absolute Gasteiger partial charge is 0.467 e. The first-order valence-electron chi connectivity index (χ1n) is 4.47. The van der Waals surface area contributed by atoms with E-state index in [4.69, 9.17) is 15.2 Å². The fourth-order valence-corrected chi connectivity index (χ4v) is 2.22. The first-order valence-corrected chi connectivity index (χ1v) is 5.26. The molecule has 0 amide bonds. The van der Waals surface area contributed by atoms with Gasteiger partial charge in [-0.2, -0.15) is 0 Å². The van der Waals surface area contributed by atoms with Gasteiger partial charge in [0, 0.05) is 16.1 Å². The number of rotatable bonds is 1. The lowest BCUT2D eigenvalue weighted by Gasteiger charge is -2.20. The Morgan fingerprint density at radius 2 is 2.29 bits per heavy atom. The van der Waals surface area contributed by atoms with E-state index in [2.05, 4.69) is 15.9 Å². The minimum absolute atomic E-state index is 0.00104. The van der Waals surface area contributed by atoms with E-state index >= 15 is 0 Å². The standard InChI is InChI=1S/C10H12BrNO2/c1-6(12)8-3-10-7(2-9(8)11)4-13-5-14-10/h2-3,6H,4-5,12H2,1H3. The molecule has 1 aliphatic rings. The van der Waals surface area contributed by atoms with E-state index in [1.165, 1.54) is 0 Å². The van der Waals surface area contributed by atoms with Crippen molar-refractivity contribution in [2.24, 2.45) is 5.73 Å². The van der Waals surface area contributed by atoms with Crippen molar-refractivity contribution >= 4 is 15.9 Å². The van der Waals surface area contributed by atoms with Gasteiger partial charge in [-0.15, -0.1) is 0 Å². The van der Waals surface area contributed by atoms with Gasteiger partial charge in [-0.1, -0.05) is 15.9 Å². The summed E-state index contributed by atoms with van der Waals surface area (Å²) in [5, 5.41) is 0. The van der Waals surface area contributed by atoms with Crippen molar-refractivity contribution in [1.82, 2.24) is 0 Å². The molecule has 3 nitrogen and oxygen atoms in total. The summed E-state index contributed by atoms with van der Waals surface area (Å²) in [6.45, 7) is 2.88. The van der Waals surface area contributed by atoms with Crippen LogP contribution >= 0.6 is 15.9 Å². The van der Waals surface area contributed by atoms with Crippen LogP contribution in [0.4, 0.5) is 0 Å². The van der Waals surface area contributed by atoms with Gasteiger partial charge in [0.25, 0.3) is 0 Å². The van der Waals surface area contributed by atoms with Crippen LogP contribution in [0.25, 0.3) is 0 Å². The lowest BCUT2D eigenvalue weighted by atomic mass is 10.1. The van der Waals surface area contributed by atoms with Crippen molar-refractivity contribution in [3.8, 4) is 5.75 Å². The quantitative estimate of drug-likeness (QED) is 0.840. The zero-order valence-electron chi connectivity index (χ0n) is 7.92. The molecule has 76 valence electrons. The first kappa shape index (κ1) is 9.96. The van der Waals surface area contributed by atoms with Gasteiger partial charge in [0.05, 0.1) is 6.61 Å². The average Bonchev–Trinajstić information content (AvgIpc) is 2.16. The Morgan fingerprint density at radius 1 is 1.50 bits per heavy atom. The third-order valence-corrected chi connectivity index (χ3v) is 2.91. The zero-order chi connectivity index (χ0) is 10.1. The van der Waals surface area contributed by atoms with Crippen LogP contribution in [0.2, 0.25) is 0 Å². The lowest BCUT2D eigenvalue weighted by Crippen LogP contribution is -2.13. The minimum Gasteiger partial charge on any atom is -0.467 e. The average molecular weight is 258 g/mol. The number of hydrogen-bond donors (Lipinski definition) is 1. The maximum Gasteiger partial charge on any atom is 0.189 e. The Kier molecular flexibility index (Phi) is 2.76. The van der Waals surface area contributed by atoms with E-state index in [1.54, 1.807) is 0 Å². The molecule has 2 N–H and O–H groups in total. The highest BCUT2D eigenvalue weighted by Crippen LogP contribution is 2.32. The Balaban J connectivity index is 2.45. The first-order chi connectivity index (χ1) is 6.68. The molecule has 0 aromatic heterocycles. The molecule has 2 rings (SSSR count). The van der Waals surface area contributed by atoms with Crippen LogP contribution in [-0.2, 0) is 11.3 Å². The molecule has 4 heteroatoms. The molecule has 14 heavy (non-hydrogen) atoms. The second-order valence-corrected chi connectivity index (χ2v) is 4.24. The van der Waals surface area contributed by atoms with Crippen molar-refractivity contribution in [2.45, 2.75) is 19.6 Å². The fourth-order valence-electron chi connectivity index (χ4n) is 1.46. The van der Waals surface area contributed by atoms with Crippen molar-refractivity contribution in [3.63, 3.8) is 0 Å². The van der Waals surface area contributed by atoms with Crippen LogP contribution in [0.1, 0.15) is 24.1 Å². The molecule has 1 unspecified atom stereocenters. The molecular formula is C10H12BrNO2. The highest BCUT2D eigenvalue weighted by atomic mass is 79.9. The fraction of sp³-hybridized carbons (Fsp3) is 0.400. The lowest BCUT2D eigenvalue weighted by molar-refractivity contribution is -0.0164. The molecule has 0 radical (unpaired) electrons. The highest BCUT2D eigenvalue weighted by Gasteiger charge is 2.15. The van der Waals surface area contributed by atoms with Gasteiger partial charge >= 0.3 is 0 Å². The number of fused-ring (bicyclic) bond motifs is 1. The van der Waals surface area contributed by atoms with E-state index < -0.39 is 0 Å². The summed E-state index contributed by atoms with van der Waals surface area (Å²) in [5.41, 5.74) is 7.95. The van der Waals surface area contributed by atoms with Crippen LogP contribution in [0.5, 0.6) is 5.75 Å². The molecule has 1 atom stereocenters. The third-order valence-electron chi connectivity index (χ3n) is 2.23. The molecule has 0 fully saturated rings. The number of halogens is 1. The maximum atomic E-state index is 5.83. The summed E-state index contributed by atoms with van der Waals surface area (Å²) in [4.78, 5) is 0. The van der Waals surface area contributed by atoms with Gasteiger partial charge in [0.2, 0.25) is 0 Å². The summed E-state index contributed by atoms with van der Waals surface area (Å²) >= 11 is 3.48. The normalized spacial score (nSPS) is 17.1. The summed E-state index contributed by atoms with van der Waals surface area (Å²) in [6.07, 6.45) is 0. The van der Waals surface area contributed by atoms with Gasteiger partial charge in [-0.25, -0.2) is 0 Å². The third kappa shape index (κ3) is 1.78. The molecule has 0 saturated heterocycles. The monoisotopic (exact) mass is 257 g/mol. The van der Waals surface area contributed by atoms with Gasteiger partial charge in [-0.3, -0.25) is 0 Å². The topological polar surface area (TPSA) is 44.5 Å². The van der Waals surface area contributed by atoms with Crippen molar-refractivity contribution in [1.29, 1.82) is 0 Å². The van der Waals surface area contributed by atoms with E-state index in [1.807, 2.05) is 19.1 Å². The minimum atomic E-state index is 0.00104. The van der Waals surface area contributed by atoms with E-state index in [9.17, 15) is 0 Å². The molecule has 1 aromatic carbocycles. The van der Waals surface area contributed by atoms with E-state index in [-0.39, 0.29) is 6.04 Å². The van der Waals surface area contributed by atoms with Gasteiger partial charge in [-0.05, 0) is 24.6 Å². The predicted octanol–water partition coefficient (Wildman–Crippen LogP) is 2.34. The van der Waals surface area contributed by atoms with Gasteiger partial charge in [0.15, 0.2) is 6.79 Å². The molecule has 1 heterocycles. The number of benzene rings is 1. The van der Waals surface area contributed by atoms with Crippen LogP contribution in [0.15, 0.2) is 16.6 Å². The van der Waals surface area contributed by atoms with Crippen LogP contribution in [0.3, 0.4) is 0 Å². The zero-order valence-corrected chi connectivity index (χ0v) is 9.50.